The number of aliphatic hydroxyl groups is 10. The number of hydrogen-bond donors (Lipinski definition) is 11. The van der Waals surface area contributed by atoms with Gasteiger partial charge in [-0.15, -0.1) is 0 Å². The molecule has 3 heterocycles. The summed E-state index contributed by atoms with van der Waals surface area (Å²) >= 11 is 0. The molecular formula is C42H70O17. The van der Waals surface area contributed by atoms with Crippen molar-refractivity contribution in [1.29, 1.82) is 0 Å². The molecule has 0 aromatic carbocycles. The van der Waals surface area contributed by atoms with Crippen LogP contribution in [0.2, 0.25) is 0 Å². The molecule has 3 aliphatic heterocycles. The summed E-state index contributed by atoms with van der Waals surface area (Å²) in [6.07, 6.45) is -13.5. The van der Waals surface area contributed by atoms with E-state index in [1.165, 1.54) is 0 Å². The molecule has 340 valence electrons. The first-order valence-corrected chi connectivity index (χ1v) is 21.7. The molecule has 7 fully saturated rings. The Bertz CT molecular complexity index is 1530. The van der Waals surface area contributed by atoms with Gasteiger partial charge in [0.1, 0.15) is 54.9 Å². The predicted octanol–water partition coefficient (Wildman–Crippen LogP) is -0.603. The molecule has 0 aromatic rings. The van der Waals surface area contributed by atoms with Gasteiger partial charge in [-0.05, 0) is 99.2 Å². The summed E-state index contributed by atoms with van der Waals surface area (Å²) in [5.74, 6) is -1.35. The smallest absolute Gasteiger partial charge is 0.336 e. The second kappa shape index (κ2) is 15.8. The summed E-state index contributed by atoms with van der Waals surface area (Å²) in [5.41, 5.74) is -4.54. The lowest BCUT2D eigenvalue weighted by Gasteiger charge is -2.70. The van der Waals surface area contributed by atoms with Crippen LogP contribution in [0.3, 0.4) is 0 Å². The Labute approximate surface area is 345 Å². The largest absolute Gasteiger partial charge is 0.479 e. The topological polar surface area (TPSA) is 286 Å². The molecule has 0 bridgehead atoms. The molecule has 7 rings (SSSR count). The highest BCUT2D eigenvalue weighted by Crippen LogP contribution is 2.76. The van der Waals surface area contributed by atoms with Crippen LogP contribution < -0.4 is 0 Å². The molecule has 0 aromatic heterocycles. The van der Waals surface area contributed by atoms with E-state index in [0.717, 1.165) is 32.1 Å². The van der Waals surface area contributed by atoms with Gasteiger partial charge in [0, 0.05) is 17.8 Å². The van der Waals surface area contributed by atoms with E-state index in [1.54, 1.807) is 13.8 Å². The van der Waals surface area contributed by atoms with Crippen molar-refractivity contribution in [2.24, 2.45) is 45.3 Å². The molecule has 7 aliphatic rings. The molecule has 4 saturated carbocycles. The average Bonchev–Trinajstić information content (AvgIpc) is 3.55. The van der Waals surface area contributed by atoms with Crippen LogP contribution in [0.15, 0.2) is 0 Å². The van der Waals surface area contributed by atoms with Crippen LogP contribution >= 0.6 is 0 Å². The van der Waals surface area contributed by atoms with Gasteiger partial charge in [0.25, 0.3) is 0 Å². The Morgan fingerprint density at radius 3 is 1.85 bits per heavy atom. The van der Waals surface area contributed by atoms with Crippen LogP contribution in [-0.4, -0.2) is 173 Å². The van der Waals surface area contributed by atoms with Crippen LogP contribution in [0.4, 0.5) is 0 Å². The number of carboxylic acid groups (broad SMARTS) is 1. The molecule has 59 heavy (non-hydrogen) atoms. The number of aliphatic hydroxyl groups excluding tert-OH is 10. The van der Waals surface area contributed by atoms with Crippen molar-refractivity contribution < 1.29 is 84.7 Å². The van der Waals surface area contributed by atoms with Crippen LogP contribution in [0.25, 0.3) is 0 Å². The first-order chi connectivity index (χ1) is 27.5. The minimum atomic E-state index is -1.81. The zero-order valence-electron chi connectivity index (χ0n) is 35.2. The fourth-order valence-corrected chi connectivity index (χ4v) is 14.3. The highest BCUT2D eigenvalue weighted by atomic mass is 16.8. The third kappa shape index (κ3) is 6.78. The summed E-state index contributed by atoms with van der Waals surface area (Å²) in [6.45, 7) is 10.5. The first kappa shape index (κ1) is 45.9. The minimum absolute atomic E-state index is 0.00697. The fourth-order valence-electron chi connectivity index (χ4n) is 14.3. The maximum Gasteiger partial charge on any atom is 0.336 e. The Morgan fingerprint density at radius 1 is 0.644 bits per heavy atom. The van der Waals surface area contributed by atoms with E-state index < -0.39 is 116 Å². The third-order valence-corrected chi connectivity index (χ3v) is 17.7. The van der Waals surface area contributed by atoms with E-state index in [1.807, 2.05) is 6.92 Å². The second-order valence-corrected chi connectivity index (χ2v) is 20.8. The Morgan fingerprint density at radius 2 is 1.25 bits per heavy atom. The number of aliphatic carboxylic acids is 1. The van der Waals surface area contributed by atoms with Crippen molar-refractivity contribution in [3.63, 3.8) is 0 Å². The summed E-state index contributed by atoms with van der Waals surface area (Å²) in [4.78, 5) is 13.3. The molecule has 4 aliphatic carbocycles. The summed E-state index contributed by atoms with van der Waals surface area (Å²) in [6, 6.07) is 0. The van der Waals surface area contributed by atoms with Crippen LogP contribution in [0, 0.1) is 45.3 Å². The number of carboxylic acids is 1. The van der Waals surface area contributed by atoms with E-state index in [0.29, 0.717) is 19.3 Å². The van der Waals surface area contributed by atoms with Crippen molar-refractivity contribution in [2.75, 3.05) is 19.8 Å². The van der Waals surface area contributed by atoms with Gasteiger partial charge >= 0.3 is 5.97 Å². The first-order valence-electron chi connectivity index (χ1n) is 21.7. The van der Waals surface area contributed by atoms with Gasteiger partial charge in [0.05, 0.1) is 37.6 Å². The molecule has 0 amide bonds. The Kier molecular flexibility index (Phi) is 12.3. The SMILES string of the molecule is CC1(C)O[C@](C(=O)O)([C@H]2CC[C@]3(C)C2CC[C@@H]2[C@@]4(C)CC[C@H](O[C@@H]5O[C@H](CO)[C@@H](O)[C@H](O)[C@H]5O[C@@H]5O[C@H](CO)[C@@H](O)[C@H](O)[C@H]5O)[C@](C)(CO)[C@@H]4CC[C@]23C)C[C@H](O)[C@@H]1O. The van der Waals surface area contributed by atoms with Crippen LogP contribution in [-0.2, 0) is 28.5 Å². The normalized spacial score (nSPS) is 56.1. The molecule has 0 spiro atoms. The maximum atomic E-state index is 13.3. The highest BCUT2D eigenvalue weighted by Gasteiger charge is 2.72. The molecule has 17 nitrogen and oxygen atoms in total. The predicted molar refractivity (Wildman–Crippen MR) is 204 cm³/mol. The van der Waals surface area contributed by atoms with Crippen molar-refractivity contribution in [3.05, 3.63) is 0 Å². The summed E-state index contributed by atoms with van der Waals surface area (Å²) in [7, 11) is 0. The molecule has 0 radical (unpaired) electrons. The molecule has 11 N–H and O–H groups in total. The van der Waals surface area contributed by atoms with Gasteiger partial charge in [0.15, 0.2) is 18.2 Å². The summed E-state index contributed by atoms with van der Waals surface area (Å²) in [5, 5.41) is 117. The second-order valence-electron chi connectivity index (χ2n) is 20.8. The van der Waals surface area contributed by atoms with E-state index in [4.69, 9.17) is 23.7 Å². The van der Waals surface area contributed by atoms with E-state index in [9.17, 15) is 61.0 Å². The zero-order chi connectivity index (χ0) is 43.4. The van der Waals surface area contributed by atoms with Gasteiger partial charge in [-0.25, -0.2) is 4.79 Å². The van der Waals surface area contributed by atoms with Crippen molar-refractivity contribution in [3.8, 4) is 0 Å². The number of hydrogen-bond acceptors (Lipinski definition) is 16. The van der Waals surface area contributed by atoms with Gasteiger partial charge < -0.3 is 79.9 Å². The monoisotopic (exact) mass is 846 g/mol. The number of ether oxygens (including phenoxy) is 5. The molecular weight excluding hydrogens is 776 g/mol. The molecule has 1 unspecified atom stereocenters. The van der Waals surface area contributed by atoms with Crippen LogP contribution in [0.1, 0.15) is 99.3 Å². The lowest BCUT2D eigenvalue weighted by molar-refractivity contribution is -0.379. The minimum Gasteiger partial charge on any atom is -0.479 e. The van der Waals surface area contributed by atoms with Crippen LogP contribution in [0.5, 0.6) is 0 Å². The average molecular weight is 847 g/mol. The van der Waals surface area contributed by atoms with E-state index in [-0.39, 0.29) is 52.9 Å². The quantitative estimate of drug-likeness (QED) is 0.129. The van der Waals surface area contributed by atoms with Crippen molar-refractivity contribution >= 4 is 5.97 Å². The highest BCUT2D eigenvalue weighted by molar-refractivity contribution is 5.78. The number of fused-ring (bicyclic) bond motifs is 5. The molecule has 22 atom stereocenters. The van der Waals surface area contributed by atoms with E-state index >= 15 is 0 Å². The zero-order valence-corrected chi connectivity index (χ0v) is 35.2. The Balaban J connectivity index is 1.14. The molecule has 3 saturated heterocycles. The standard InChI is InChI=1S/C42H70O17/c1-37(2)33(52)21(46)15-42(59-37,36(53)54)20-9-13-40(5)19(20)7-8-25-38(3)12-11-26(39(4,18-45)24(38)10-14-41(25,40)6)57-35-32(30(50)28(48)23(17-44)56-35)58-34-31(51)29(49)27(47)22(16-43)55-34/h19-35,43-52H,7-18H2,1-6H3,(H,53,54)/t19?,20-,21-,22+,23+,24+,25+,26-,27+,28+,29-,30-,31+,32+,33-,34-,35-,38-,39+,40+,41+,42-/m0/s1. The molecule has 17 heteroatoms. The van der Waals surface area contributed by atoms with Crippen molar-refractivity contribution in [2.45, 2.75) is 190 Å². The van der Waals surface area contributed by atoms with Gasteiger partial charge in [-0.1, -0.05) is 27.7 Å². The number of rotatable bonds is 9. The Hall–Kier alpha value is -1.13. The van der Waals surface area contributed by atoms with Gasteiger partial charge in [-0.2, -0.15) is 0 Å². The number of carbonyl (C=O) groups is 1. The van der Waals surface area contributed by atoms with Crippen molar-refractivity contribution in [1.82, 2.24) is 0 Å². The maximum absolute atomic E-state index is 13.3. The van der Waals surface area contributed by atoms with Gasteiger partial charge in [0.2, 0.25) is 0 Å². The lowest BCUT2D eigenvalue weighted by atomic mass is 9.35. The van der Waals surface area contributed by atoms with Gasteiger partial charge in [-0.3, -0.25) is 0 Å². The lowest BCUT2D eigenvalue weighted by Crippen LogP contribution is -2.68. The summed E-state index contributed by atoms with van der Waals surface area (Å²) < 4.78 is 30.6. The van der Waals surface area contributed by atoms with E-state index in [2.05, 4.69) is 20.8 Å². The third-order valence-electron chi connectivity index (χ3n) is 17.7. The fraction of sp³-hybridized carbons (Fsp3) is 0.976.